The van der Waals surface area contributed by atoms with Crippen LogP contribution in [0.4, 0.5) is 4.39 Å². The van der Waals surface area contributed by atoms with E-state index in [-0.39, 0.29) is 5.82 Å². The van der Waals surface area contributed by atoms with Gasteiger partial charge in [-0.1, -0.05) is 26.0 Å². The lowest BCUT2D eigenvalue weighted by atomic mass is 10.2. The molecular formula is C12H18FN. The van der Waals surface area contributed by atoms with Gasteiger partial charge < -0.3 is 4.90 Å². The molecule has 0 saturated heterocycles. The van der Waals surface area contributed by atoms with Crippen LogP contribution in [0.5, 0.6) is 0 Å². The number of benzene rings is 1. The van der Waals surface area contributed by atoms with Crippen LogP contribution >= 0.6 is 0 Å². The van der Waals surface area contributed by atoms with Crippen LogP contribution in [0, 0.1) is 11.7 Å². The van der Waals surface area contributed by atoms with E-state index in [1.807, 2.05) is 12.1 Å². The minimum Gasteiger partial charge on any atom is -0.302 e. The maximum Gasteiger partial charge on any atom is 0.123 e. The Hall–Kier alpha value is -0.890. The zero-order valence-corrected chi connectivity index (χ0v) is 9.13. The van der Waals surface area contributed by atoms with Gasteiger partial charge in [0.2, 0.25) is 0 Å². The molecule has 0 amide bonds. The summed E-state index contributed by atoms with van der Waals surface area (Å²) in [6, 6.07) is 6.70. The van der Waals surface area contributed by atoms with Gasteiger partial charge in [0, 0.05) is 13.1 Å². The van der Waals surface area contributed by atoms with Gasteiger partial charge in [-0.05, 0) is 30.7 Å². The van der Waals surface area contributed by atoms with Gasteiger partial charge in [-0.15, -0.1) is 0 Å². The summed E-state index contributed by atoms with van der Waals surface area (Å²) in [5.41, 5.74) is 1.16. The van der Waals surface area contributed by atoms with Gasteiger partial charge in [-0.25, -0.2) is 4.39 Å². The standard InChI is InChI=1S/C12H18FN/c1-10(2)8-14(3)9-11-4-6-12(13)7-5-11/h4-7,10H,8-9H2,1-3H3. The third-order valence-electron chi connectivity index (χ3n) is 2.04. The van der Waals surface area contributed by atoms with Crippen LogP contribution in [-0.4, -0.2) is 18.5 Å². The first-order valence-electron chi connectivity index (χ1n) is 5.01. The number of hydrogen-bond donors (Lipinski definition) is 0. The van der Waals surface area contributed by atoms with Gasteiger partial charge in [0.05, 0.1) is 0 Å². The topological polar surface area (TPSA) is 3.24 Å². The zero-order valence-electron chi connectivity index (χ0n) is 9.13. The van der Waals surface area contributed by atoms with Crippen molar-refractivity contribution >= 4 is 0 Å². The van der Waals surface area contributed by atoms with E-state index in [4.69, 9.17) is 0 Å². The SMILES string of the molecule is CC(C)CN(C)Cc1ccc(F)cc1. The highest BCUT2D eigenvalue weighted by Gasteiger charge is 2.02. The van der Waals surface area contributed by atoms with E-state index in [1.165, 1.54) is 12.1 Å². The van der Waals surface area contributed by atoms with Gasteiger partial charge >= 0.3 is 0 Å². The number of hydrogen-bond acceptors (Lipinski definition) is 1. The molecule has 0 bridgehead atoms. The molecule has 0 fully saturated rings. The first-order chi connectivity index (χ1) is 6.58. The molecule has 0 aliphatic rings. The van der Waals surface area contributed by atoms with Crippen LogP contribution < -0.4 is 0 Å². The Morgan fingerprint density at radius 3 is 2.29 bits per heavy atom. The second kappa shape index (κ2) is 5.11. The Morgan fingerprint density at radius 2 is 1.79 bits per heavy atom. The van der Waals surface area contributed by atoms with Gasteiger partial charge in [0.25, 0.3) is 0 Å². The van der Waals surface area contributed by atoms with Gasteiger partial charge in [0.15, 0.2) is 0 Å². The lowest BCUT2D eigenvalue weighted by Gasteiger charge is -2.18. The highest BCUT2D eigenvalue weighted by atomic mass is 19.1. The monoisotopic (exact) mass is 195 g/mol. The van der Waals surface area contributed by atoms with Crippen molar-refractivity contribution in [2.75, 3.05) is 13.6 Å². The highest BCUT2D eigenvalue weighted by Crippen LogP contribution is 2.06. The molecule has 0 saturated carbocycles. The quantitative estimate of drug-likeness (QED) is 0.714. The van der Waals surface area contributed by atoms with E-state index >= 15 is 0 Å². The smallest absolute Gasteiger partial charge is 0.123 e. The molecular weight excluding hydrogens is 177 g/mol. The predicted octanol–water partition coefficient (Wildman–Crippen LogP) is 2.91. The van der Waals surface area contributed by atoms with Crippen molar-refractivity contribution in [3.05, 3.63) is 35.6 Å². The van der Waals surface area contributed by atoms with Crippen molar-refractivity contribution in [2.24, 2.45) is 5.92 Å². The molecule has 0 aliphatic heterocycles. The van der Waals surface area contributed by atoms with E-state index in [9.17, 15) is 4.39 Å². The molecule has 78 valence electrons. The molecule has 0 unspecified atom stereocenters. The molecule has 0 N–H and O–H groups in total. The first kappa shape index (κ1) is 11.2. The van der Waals surface area contributed by atoms with Crippen LogP contribution in [0.25, 0.3) is 0 Å². The van der Waals surface area contributed by atoms with E-state index in [1.54, 1.807) is 0 Å². The van der Waals surface area contributed by atoms with E-state index in [0.717, 1.165) is 18.7 Å². The number of halogens is 1. The summed E-state index contributed by atoms with van der Waals surface area (Å²) in [7, 11) is 2.09. The normalized spacial score (nSPS) is 11.3. The Kier molecular flexibility index (Phi) is 4.08. The van der Waals surface area contributed by atoms with Gasteiger partial charge in [-0.2, -0.15) is 0 Å². The fraction of sp³-hybridized carbons (Fsp3) is 0.500. The minimum absolute atomic E-state index is 0.166. The Labute approximate surface area is 85.5 Å². The Balaban J connectivity index is 2.47. The molecule has 1 aromatic carbocycles. The average molecular weight is 195 g/mol. The average Bonchev–Trinajstić information content (AvgIpc) is 2.07. The molecule has 0 aliphatic carbocycles. The summed E-state index contributed by atoms with van der Waals surface area (Å²) < 4.78 is 12.6. The lowest BCUT2D eigenvalue weighted by Crippen LogP contribution is -2.22. The maximum absolute atomic E-state index is 12.6. The van der Waals surface area contributed by atoms with Crippen LogP contribution in [0.1, 0.15) is 19.4 Å². The number of rotatable bonds is 4. The van der Waals surface area contributed by atoms with Crippen LogP contribution in [-0.2, 0) is 6.54 Å². The second-order valence-corrected chi connectivity index (χ2v) is 4.22. The summed E-state index contributed by atoms with van der Waals surface area (Å²) in [6.07, 6.45) is 0. The maximum atomic E-state index is 12.6. The minimum atomic E-state index is -0.166. The molecule has 0 atom stereocenters. The van der Waals surface area contributed by atoms with Crippen LogP contribution in [0.2, 0.25) is 0 Å². The molecule has 0 aromatic heterocycles. The summed E-state index contributed by atoms with van der Waals surface area (Å²) in [5, 5.41) is 0. The summed E-state index contributed by atoms with van der Waals surface area (Å²) in [5.74, 6) is 0.501. The van der Waals surface area contributed by atoms with Crippen molar-refractivity contribution in [3.8, 4) is 0 Å². The molecule has 0 heterocycles. The fourth-order valence-electron chi connectivity index (χ4n) is 1.59. The van der Waals surface area contributed by atoms with Gasteiger partial charge in [0.1, 0.15) is 5.82 Å². The van der Waals surface area contributed by atoms with E-state index in [0.29, 0.717) is 5.92 Å². The first-order valence-corrected chi connectivity index (χ1v) is 5.01. The summed E-state index contributed by atoms with van der Waals surface area (Å²) in [4.78, 5) is 2.25. The predicted molar refractivity (Wildman–Crippen MR) is 57.6 cm³/mol. The highest BCUT2D eigenvalue weighted by molar-refractivity contribution is 5.15. The van der Waals surface area contributed by atoms with Crippen LogP contribution in [0.3, 0.4) is 0 Å². The third-order valence-corrected chi connectivity index (χ3v) is 2.04. The Bertz CT molecular complexity index is 266. The van der Waals surface area contributed by atoms with Crippen molar-refractivity contribution in [1.29, 1.82) is 0 Å². The summed E-state index contributed by atoms with van der Waals surface area (Å²) in [6.45, 7) is 6.35. The van der Waals surface area contributed by atoms with Crippen molar-refractivity contribution in [2.45, 2.75) is 20.4 Å². The van der Waals surface area contributed by atoms with E-state index in [2.05, 4.69) is 25.8 Å². The third kappa shape index (κ3) is 3.88. The van der Waals surface area contributed by atoms with Crippen molar-refractivity contribution < 1.29 is 4.39 Å². The van der Waals surface area contributed by atoms with Crippen molar-refractivity contribution in [1.82, 2.24) is 4.90 Å². The zero-order chi connectivity index (χ0) is 10.6. The molecule has 1 rings (SSSR count). The number of nitrogens with zero attached hydrogens (tertiary/aromatic N) is 1. The second-order valence-electron chi connectivity index (χ2n) is 4.22. The molecule has 1 aromatic rings. The molecule has 0 spiro atoms. The Morgan fingerprint density at radius 1 is 1.21 bits per heavy atom. The van der Waals surface area contributed by atoms with Gasteiger partial charge in [-0.3, -0.25) is 0 Å². The summed E-state index contributed by atoms with van der Waals surface area (Å²) >= 11 is 0. The van der Waals surface area contributed by atoms with Crippen molar-refractivity contribution in [3.63, 3.8) is 0 Å². The van der Waals surface area contributed by atoms with Crippen LogP contribution in [0.15, 0.2) is 24.3 Å². The molecule has 14 heavy (non-hydrogen) atoms. The fourth-order valence-corrected chi connectivity index (χ4v) is 1.59. The molecule has 2 heteroatoms. The molecule has 1 nitrogen and oxygen atoms in total. The largest absolute Gasteiger partial charge is 0.302 e. The lowest BCUT2D eigenvalue weighted by molar-refractivity contribution is 0.288. The van der Waals surface area contributed by atoms with E-state index < -0.39 is 0 Å². The molecule has 0 radical (unpaired) electrons.